The highest BCUT2D eigenvalue weighted by Crippen LogP contribution is 2.17. The third-order valence-electron chi connectivity index (χ3n) is 4.17. The summed E-state index contributed by atoms with van der Waals surface area (Å²) in [5.41, 5.74) is 1.19. The molecule has 3 heteroatoms. The van der Waals surface area contributed by atoms with Gasteiger partial charge in [0.1, 0.15) is 5.82 Å². The van der Waals surface area contributed by atoms with Gasteiger partial charge in [0.2, 0.25) is 0 Å². The Morgan fingerprint density at radius 2 is 1.85 bits per heavy atom. The SMILES string of the molecule is CCC(NCCCN1CCCCC1)c1ccc(F)cc1. The number of halogens is 1. The normalized spacial score (nSPS) is 18.1. The molecule has 1 fully saturated rings. The lowest BCUT2D eigenvalue weighted by Crippen LogP contribution is -2.32. The number of likely N-dealkylation sites (tertiary alicyclic amines) is 1. The van der Waals surface area contributed by atoms with Crippen LogP contribution in [-0.4, -0.2) is 31.1 Å². The third kappa shape index (κ3) is 4.88. The van der Waals surface area contributed by atoms with Crippen molar-refractivity contribution in [3.8, 4) is 0 Å². The Morgan fingerprint density at radius 1 is 1.15 bits per heavy atom. The molecule has 0 aromatic heterocycles. The fourth-order valence-electron chi connectivity index (χ4n) is 2.95. The number of rotatable bonds is 7. The van der Waals surface area contributed by atoms with Gasteiger partial charge in [0, 0.05) is 6.04 Å². The van der Waals surface area contributed by atoms with Gasteiger partial charge in [-0.2, -0.15) is 0 Å². The van der Waals surface area contributed by atoms with Crippen LogP contribution in [0.1, 0.15) is 50.6 Å². The predicted molar refractivity (Wildman–Crippen MR) is 82.3 cm³/mol. The van der Waals surface area contributed by atoms with Gasteiger partial charge >= 0.3 is 0 Å². The summed E-state index contributed by atoms with van der Waals surface area (Å²) in [6, 6.07) is 7.22. The van der Waals surface area contributed by atoms with Crippen LogP contribution in [0.15, 0.2) is 24.3 Å². The highest BCUT2D eigenvalue weighted by atomic mass is 19.1. The van der Waals surface area contributed by atoms with Crippen LogP contribution in [0.3, 0.4) is 0 Å². The van der Waals surface area contributed by atoms with Gasteiger partial charge < -0.3 is 10.2 Å². The Kier molecular flexibility index (Phi) is 6.48. The van der Waals surface area contributed by atoms with Crippen LogP contribution in [-0.2, 0) is 0 Å². The Bertz CT molecular complexity index is 371. The van der Waals surface area contributed by atoms with E-state index < -0.39 is 0 Å². The van der Waals surface area contributed by atoms with E-state index in [1.165, 1.54) is 50.9 Å². The van der Waals surface area contributed by atoms with Crippen molar-refractivity contribution in [2.24, 2.45) is 0 Å². The summed E-state index contributed by atoms with van der Waals surface area (Å²) >= 11 is 0. The molecule has 2 nitrogen and oxygen atoms in total. The first kappa shape index (κ1) is 15.5. The minimum Gasteiger partial charge on any atom is -0.310 e. The highest BCUT2D eigenvalue weighted by molar-refractivity contribution is 5.19. The molecule has 112 valence electrons. The van der Waals surface area contributed by atoms with Gasteiger partial charge in [0.05, 0.1) is 0 Å². The maximum absolute atomic E-state index is 12.9. The van der Waals surface area contributed by atoms with Gasteiger partial charge in [-0.25, -0.2) is 4.39 Å². The van der Waals surface area contributed by atoms with Crippen molar-refractivity contribution in [3.63, 3.8) is 0 Å². The molecule has 1 unspecified atom stereocenters. The highest BCUT2D eigenvalue weighted by Gasteiger charge is 2.11. The average molecular weight is 278 g/mol. The summed E-state index contributed by atoms with van der Waals surface area (Å²) in [4.78, 5) is 2.57. The van der Waals surface area contributed by atoms with Crippen molar-refractivity contribution in [1.82, 2.24) is 10.2 Å². The zero-order valence-electron chi connectivity index (χ0n) is 12.6. The zero-order valence-corrected chi connectivity index (χ0v) is 12.6. The minimum atomic E-state index is -0.159. The first-order valence-corrected chi connectivity index (χ1v) is 8.01. The molecular weight excluding hydrogens is 251 g/mol. The number of nitrogens with zero attached hydrogens (tertiary/aromatic N) is 1. The molecular formula is C17H27FN2. The second kappa shape index (κ2) is 8.38. The molecule has 1 aromatic rings. The lowest BCUT2D eigenvalue weighted by atomic mass is 10.0. The maximum atomic E-state index is 12.9. The molecule has 20 heavy (non-hydrogen) atoms. The van der Waals surface area contributed by atoms with Crippen molar-refractivity contribution in [3.05, 3.63) is 35.6 Å². The van der Waals surface area contributed by atoms with E-state index in [1.54, 1.807) is 12.1 Å². The van der Waals surface area contributed by atoms with Crippen molar-refractivity contribution < 1.29 is 4.39 Å². The Balaban J connectivity index is 1.69. The minimum absolute atomic E-state index is 0.159. The van der Waals surface area contributed by atoms with Gasteiger partial charge in [-0.3, -0.25) is 0 Å². The summed E-state index contributed by atoms with van der Waals surface area (Å²) in [5, 5.41) is 3.60. The molecule has 1 N–H and O–H groups in total. The molecule has 0 aliphatic carbocycles. The van der Waals surface area contributed by atoms with Crippen LogP contribution in [0.4, 0.5) is 4.39 Å². The van der Waals surface area contributed by atoms with Crippen molar-refractivity contribution in [2.75, 3.05) is 26.2 Å². The van der Waals surface area contributed by atoms with E-state index in [-0.39, 0.29) is 5.82 Å². The van der Waals surface area contributed by atoms with E-state index in [0.29, 0.717) is 6.04 Å². The van der Waals surface area contributed by atoms with Gasteiger partial charge in [-0.1, -0.05) is 25.5 Å². The largest absolute Gasteiger partial charge is 0.310 e. The van der Waals surface area contributed by atoms with E-state index in [9.17, 15) is 4.39 Å². The smallest absolute Gasteiger partial charge is 0.123 e. The topological polar surface area (TPSA) is 15.3 Å². The molecule has 0 saturated carbocycles. The maximum Gasteiger partial charge on any atom is 0.123 e. The Labute approximate surface area is 122 Å². The molecule has 0 spiro atoms. The molecule has 0 amide bonds. The lowest BCUT2D eigenvalue weighted by molar-refractivity contribution is 0.224. The van der Waals surface area contributed by atoms with Crippen LogP contribution in [0.25, 0.3) is 0 Å². The second-order valence-corrected chi connectivity index (χ2v) is 5.72. The number of benzene rings is 1. The van der Waals surface area contributed by atoms with Crippen LogP contribution < -0.4 is 5.32 Å². The summed E-state index contributed by atoms with van der Waals surface area (Å²) in [5.74, 6) is -0.159. The summed E-state index contributed by atoms with van der Waals surface area (Å²) in [7, 11) is 0. The standard InChI is InChI=1S/C17H27FN2/c1-2-17(15-7-9-16(18)10-8-15)19-11-6-14-20-12-4-3-5-13-20/h7-10,17,19H,2-6,11-14H2,1H3. The quantitative estimate of drug-likeness (QED) is 0.764. The van der Waals surface area contributed by atoms with Crippen LogP contribution >= 0.6 is 0 Å². The zero-order chi connectivity index (χ0) is 14.2. The molecule has 1 atom stereocenters. The number of hydrogen-bond donors (Lipinski definition) is 1. The summed E-state index contributed by atoms with van der Waals surface area (Å²) < 4.78 is 12.9. The third-order valence-corrected chi connectivity index (χ3v) is 4.17. The van der Waals surface area contributed by atoms with Gasteiger partial charge in [-0.05, 0) is 69.6 Å². The molecule has 2 rings (SSSR count). The Morgan fingerprint density at radius 3 is 2.50 bits per heavy atom. The van der Waals surface area contributed by atoms with E-state index >= 15 is 0 Å². The van der Waals surface area contributed by atoms with Crippen LogP contribution in [0, 0.1) is 5.82 Å². The molecule has 1 aromatic carbocycles. The lowest BCUT2D eigenvalue weighted by Gasteiger charge is -2.26. The molecule has 0 bridgehead atoms. The van der Waals surface area contributed by atoms with Crippen LogP contribution in [0.5, 0.6) is 0 Å². The fourth-order valence-corrected chi connectivity index (χ4v) is 2.95. The first-order chi connectivity index (χ1) is 9.79. The van der Waals surface area contributed by atoms with Crippen LogP contribution in [0.2, 0.25) is 0 Å². The molecule has 1 aliphatic rings. The molecule has 0 radical (unpaired) electrons. The molecule has 1 saturated heterocycles. The summed E-state index contributed by atoms with van der Waals surface area (Å²) in [6.07, 6.45) is 6.35. The fraction of sp³-hybridized carbons (Fsp3) is 0.647. The van der Waals surface area contributed by atoms with E-state index in [1.807, 2.05) is 12.1 Å². The average Bonchev–Trinajstić information content (AvgIpc) is 2.50. The van der Waals surface area contributed by atoms with Crippen molar-refractivity contribution >= 4 is 0 Å². The second-order valence-electron chi connectivity index (χ2n) is 5.72. The van der Waals surface area contributed by atoms with Gasteiger partial charge in [0.25, 0.3) is 0 Å². The number of piperidine rings is 1. The number of nitrogens with one attached hydrogen (secondary N) is 1. The molecule has 1 heterocycles. The van der Waals surface area contributed by atoms with Crippen molar-refractivity contribution in [2.45, 2.75) is 45.1 Å². The summed E-state index contributed by atoms with van der Waals surface area (Å²) in [6.45, 7) is 6.95. The van der Waals surface area contributed by atoms with Gasteiger partial charge in [-0.15, -0.1) is 0 Å². The first-order valence-electron chi connectivity index (χ1n) is 8.01. The monoisotopic (exact) mass is 278 g/mol. The predicted octanol–water partition coefficient (Wildman–Crippen LogP) is 3.74. The van der Waals surface area contributed by atoms with Gasteiger partial charge in [0.15, 0.2) is 0 Å². The number of hydrogen-bond acceptors (Lipinski definition) is 2. The van der Waals surface area contributed by atoms with E-state index in [4.69, 9.17) is 0 Å². The molecule has 1 aliphatic heterocycles. The van der Waals surface area contributed by atoms with E-state index in [0.717, 1.165) is 13.0 Å². The van der Waals surface area contributed by atoms with E-state index in [2.05, 4.69) is 17.1 Å². The Hall–Kier alpha value is -0.930. The van der Waals surface area contributed by atoms with Crippen molar-refractivity contribution in [1.29, 1.82) is 0 Å².